The van der Waals surface area contributed by atoms with Crippen LogP contribution in [0, 0.1) is 0 Å². The first-order chi connectivity index (χ1) is 13.4. The molecule has 0 aliphatic carbocycles. The van der Waals surface area contributed by atoms with Gasteiger partial charge in [-0.1, -0.05) is 6.07 Å². The van der Waals surface area contributed by atoms with Gasteiger partial charge in [-0.3, -0.25) is 4.79 Å². The van der Waals surface area contributed by atoms with E-state index >= 15 is 0 Å². The van der Waals surface area contributed by atoms with E-state index in [0.717, 1.165) is 37.0 Å². The summed E-state index contributed by atoms with van der Waals surface area (Å²) in [5, 5.41) is 0. The first-order valence-electron chi connectivity index (χ1n) is 9.31. The van der Waals surface area contributed by atoms with Gasteiger partial charge in [-0.25, -0.2) is 0 Å². The Balaban J connectivity index is 1.56. The molecule has 2 aliphatic heterocycles. The maximum atomic E-state index is 12.9. The number of amides is 1. The standard InChI is InChI=1S/C21H20F3NO3/c22-21(23,24)16-7-4-14(5-8-16)20(26)25-10-1-3-17(25)15-6-9-18-19(13-15)28-12-2-11-27-18/h4-9,13,17H,1-3,10-12H2/t17-/m1/s1. The quantitative estimate of drug-likeness (QED) is 0.735. The number of carbonyl (C=O) groups excluding carboxylic acids is 1. The average Bonchev–Trinajstić information content (AvgIpc) is 3.05. The summed E-state index contributed by atoms with van der Waals surface area (Å²) in [6.07, 6.45) is -1.97. The van der Waals surface area contributed by atoms with Crippen molar-refractivity contribution in [2.45, 2.75) is 31.5 Å². The predicted octanol–water partition coefficient (Wildman–Crippen LogP) is 4.84. The van der Waals surface area contributed by atoms with E-state index in [0.29, 0.717) is 31.3 Å². The molecule has 0 unspecified atom stereocenters. The van der Waals surface area contributed by atoms with Crippen LogP contribution in [0.25, 0.3) is 0 Å². The van der Waals surface area contributed by atoms with E-state index in [2.05, 4.69) is 0 Å². The van der Waals surface area contributed by atoms with Crippen molar-refractivity contribution < 1.29 is 27.4 Å². The first-order valence-corrected chi connectivity index (χ1v) is 9.31. The van der Waals surface area contributed by atoms with Crippen LogP contribution in [0.5, 0.6) is 11.5 Å². The van der Waals surface area contributed by atoms with E-state index in [1.165, 1.54) is 12.1 Å². The van der Waals surface area contributed by atoms with Gasteiger partial charge in [-0.05, 0) is 54.8 Å². The molecule has 0 spiro atoms. The Morgan fingerprint density at radius 1 is 0.964 bits per heavy atom. The molecule has 0 saturated carbocycles. The van der Waals surface area contributed by atoms with Crippen molar-refractivity contribution in [2.24, 2.45) is 0 Å². The van der Waals surface area contributed by atoms with Crippen molar-refractivity contribution in [1.29, 1.82) is 0 Å². The zero-order valence-corrected chi connectivity index (χ0v) is 15.2. The lowest BCUT2D eigenvalue weighted by molar-refractivity contribution is -0.137. The van der Waals surface area contributed by atoms with E-state index in [-0.39, 0.29) is 17.5 Å². The number of nitrogens with zero attached hydrogens (tertiary/aromatic N) is 1. The number of halogens is 3. The molecule has 1 amide bonds. The van der Waals surface area contributed by atoms with Crippen LogP contribution in [0.15, 0.2) is 42.5 Å². The Hall–Kier alpha value is -2.70. The summed E-state index contributed by atoms with van der Waals surface area (Å²) in [6, 6.07) is 9.95. The molecule has 4 rings (SSSR count). The first kappa shape index (κ1) is 18.7. The maximum Gasteiger partial charge on any atom is 0.416 e. The second-order valence-corrected chi connectivity index (χ2v) is 6.99. The third kappa shape index (κ3) is 3.66. The van der Waals surface area contributed by atoms with Gasteiger partial charge in [-0.15, -0.1) is 0 Å². The van der Waals surface area contributed by atoms with Crippen LogP contribution < -0.4 is 9.47 Å². The minimum atomic E-state index is -4.42. The third-order valence-corrected chi connectivity index (χ3v) is 5.13. The second-order valence-electron chi connectivity index (χ2n) is 6.99. The Kier molecular flexibility index (Phi) is 4.91. The molecule has 0 bridgehead atoms. The zero-order valence-electron chi connectivity index (χ0n) is 15.2. The normalized spacial score (nSPS) is 19.4. The van der Waals surface area contributed by atoms with Crippen molar-refractivity contribution in [3.8, 4) is 11.5 Å². The van der Waals surface area contributed by atoms with Gasteiger partial charge in [0, 0.05) is 18.5 Å². The highest BCUT2D eigenvalue weighted by Gasteiger charge is 2.33. The summed E-state index contributed by atoms with van der Waals surface area (Å²) in [6.45, 7) is 1.75. The van der Waals surface area contributed by atoms with Crippen LogP contribution in [0.4, 0.5) is 13.2 Å². The summed E-state index contributed by atoms with van der Waals surface area (Å²) in [5.74, 6) is 1.10. The minimum absolute atomic E-state index is 0.132. The number of fused-ring (bicyclic) bond motifs is 1. The Labute approximate surface area is 160 Å². The molecule has 2 heterocycles. The number of likely N-dealkylation sites (tertiary alicyclic amines) is 1. The van der Waals surface area contributed by atoms with Crippen molar-refractivity contribution in [3.63, 3.8) is 0 Å². The minimum Gasteiger partial charge on any atom is -0.490 e. The number of alkyl halides is 3. The average molecular weight is 391 g/mol. The highest BCUT2D eigenvalue weighted by Crippen LogP contribution is 2.38. The van der Waals surface area contributed by atoms with Crippen LogP contribution in [0.2, 0.25) is 0 Å². The van der Waals surface area contributed by atoms with Crippen LogP contribution in [0.3, 0.4) is 0 Å². The van der Waals surface area contributed by atoms with Gasteiger partial charge in [0.15, 0.2) is 11.5 Å². The smallest absolute Gasteiger partial charge is 0.416 e. The zero-order chi connectivity index (χ0) is 19.7. The van der Waals surface area contributed by atoms with Gasteiger partial charge < -0.3 is 14.4 Å². The molecule has 0 N–H and O–H groups in total. The molecule has 148 valence electrons. The molecule has 1 fully saturated rings. The number of hydrogen-bond acceptors (Lipinski definition) is 3. The highest BCUT2D eigenvalue weighted by atomic mass is 19.4. The van der Waals surface area contributed by atoms with E-state index in [1.807, 2.05) is 18.2 Å². The topological polar surface area (TPSA) is 38.8 Å². The van der Waals surface area contributed by atoms with Gasteiger partial charge in [0.1, 0.15) is 0 Å². The van der Waals surface area contributed by atoms with Crippen LogP contribution in [-0.4, -0.2) is 30.6 Å². The van der Waals surface area contributed by atoms with Crippen molar-refractivity contribution in [1.82, 2.24) is 4.90 Å². The molecule has 1 saturated heterocycles. The van der Waals surface area contributed by atoms with E-state index < -0.39 is 11.7 Å². The SMILES string of the molecule is O=C(c1ccc(C(F)(F)F)cc1)N1CCC[C@@H]1c1ccc2c(c1)OCCCO2. The monoisotopic (exact) mass is 391 g/mol. The summed E-state index contributed by atoms with van der Waals surface area (Å²) < 4.78 is 49.7. The largest absolute Gasteiger partial charge is 0.490 e. The molecule has 2 aromatic rings. The summed E-state index contributed by atoms with van der Waals surface area (Å²) in [7, 11) is 0. The fourth-order valence-corrected chi connectivity index (χ4v) is 3.71. The van der Waals surface area contributed by atoms with Crippen LogP contribution in [-0.2, 0) is 6.18 Å². The Bertz CT molecular complexity index is 864. The van der Waals surface area contributed by atoms with E-state index in [4.69, 9.17) is 9.47 Å². The summed E-state index contributed by atoms with van der Waals surface area (Å²) in [4.78, 5) is 14.6. The van der Waals surface area contributed by atoms with Gasteiger partial charge in [-0.2, -0.15) is 13.2 Å². The molecule has 2 aliphatic rings. The molecule has 2 aromatic carbocycles. The lowest BCUT2D eigenvalue weighted by Crippen LogP contribution is -2.30. The Morgan fingerprint density at radius 2 is 1.68 bits per heavy atom. The Morgan fingerprint density at radius 3 is 2.39 bits per heavy atom. The number of rotatable bonds is 2. The van der Waals surface area contributed by atoms with E-state index in [9.17, 15) is 18.0 Å². The maximum absolute atomic E-state index is 12.9. The molecule has 28 heavy (non-hydrogen) atoms. The van der Waals surface area contributed by atoms with Crippen molar-refractivity contribution in [3.05, 3.63) is 59.2 Å². The molecular weight excluding hydrogens is 371 g/mol. The van der Waals surface area contributed by atoms with Crippen LogP contribution in [0.1, 0.15) is 46.8 Å². The molecule has 7 heteroatoms. The summed E-state index contributed by atoms with van der Waals surface area (Å²) in [5.41, 5.74) is 0.446. The molecule has 0 aromatic heterocycles. The highest BCUT2D eigenvalue weighted by molar-refractivity contribution is 5.94. The fourth-order valence-electron chi connectivity index (χ4n) is 3.71. The predicted molar refractivity (Wildman–Crippen MR) is 96.5 cm³/mol. The van der Waals surface area contributed by atoms with Gasteiger partial charge >= 0.3 is 6.18 Å². The van der Waals surface area contributed by atoms with Crippen molar-refractivity contribution >= 4 is 5.91 Å². The van der Waals surface area contributed by atoms with E-state index in [1.54, 1.807) is 4.90 Å². The number of ether oxygens (including phenoxy) is 2. The van der Waals surface area contributed by atoms with Gasteiger partial charge in [0.2, 0.25) is 0 Å². The summed E-state index contributed by atoms with van der Waals surface area (Å²) >= 11 is 0. The second kappa shape index (κ2) is 7.37. The number of benzene rings is 2. The molecule has 4 nitrogen and oxygen atoms in total. The van der Waals surface area contributed by atoms with Crippen LogP contribution >= 0.6 is 0 Å². The third-order valence-electron chi connectivity index (χ3n) is 5.13. The van der Waals surface area contributed by atoms with Crippen molar-refractivity contribution in [2.75, 3.05) is 19.8 Å². The molecule has 1 atom stereocenters. The lowest BCUT2D eigenvalue weighted by Gasteiger charge is -2.26. The van der Waals surface area contributed by atoms with Gasteiger partial charge in [0.05, 0.1) is 24.8 Å². The lowest BCUT2D eigenvalue weighted by atomic mass is 10.0. The molecule has 0 radical (unpaired) electrons. The van der Waals surface area contributed by atoms with Gasteiger partial charge in [0.25, 0.3) is 5.91 Å². The number of hydrogen-bond donors (Lipinski definition) is 0. The fraction of sp³-hybridized carbons (Fsp3) is 0.381. The molecular formula is C21H20F3NO3. The number of carbonyl (C=O) groups is 1.